The lowest BCUT2D eigenvalue weighted by molar-refractivity contribution is 0.174. The van der Waals surface area contributed by atoms with Crippen molar-refractivity contribution in [3.05, 3.63) is 71.8 Å². The van der Waals surface area contributed by atoms with E-state index in [9.17, 15) is 8.42 Å². The number of hydrogen-bond donors (Lipinski definition) is 1. The van der Waals surface area contributed by atoms with Gasteiger partial charge >= 0.3 is 0 Å². The first-order chi connectivity index (χ1) is 13.5. The Morgan fingerprint density at radius 2 is 1.75 bits per heavy atom. The fraction of sp³-hybridized carbons (Fsp3) is 0.143. The molecule has 5 rings (SSSR count). The van der Waals surface area contributed by atoms with E-state index in [4.69, 9.17) is 14.2 Å². The molecule has 0 spiro atoms. The Balaban J connectivity index is 1.72. The van der Waals surface area contributed by atoms with Crippen LogP contribution in [0.3, 0.4) is 0 Å². The second-order valence-electron chi connectivity index (χ2n) is 6.76. The van der Waals surface area contributed by atoms with Crippen LogP contribution in [0.15, 0.2) is 60.7 Å². The summed E-state index contributed by atoms with van der Waals surface area (Å²) in [6.07, 6.45) is 0.760. The monoisotopic (exact) mass is 395 g/mol. The van der Waals surface area contributed by atoms with E-state index in [1.54, 1.807) is 6.07 Å². The zero-order chi connectivity index (χ0) is 19.3. The molecule has 0 radical (unpaired) electrons. The van der Waals surface area contributed by atoms with Crippen molar-refractivity contribution in [1.29, 1.82) is 0 Å². The van der Waals surface area contributed by atoms with Crippen LogP contribution in [-0.2, 0) is 10.0 Å². The zero-order valence-corrected chi connectivity index (χ0v) is 15.8. The lowest BCUT2D eigenvalue weighted by Gasteiger charge is -2.30. The number of benzene rings is 3. The van der Waals surface area contributed by atoms with E-state index in [-0.39, 0.29) is 12.9 Å². The van der Waals surface area contributed by atoms with Gasteiger partial charge in [0.1, 0.15) is 11.9 Å². The molecule has 0 amide bonds. The van der Waals surface area contributed by atoms with Gasteiger partial charge in [-0.1, -0.05) is 36.4 Å². The van der Waals surface area contributed by atoms with E-state index in [0.29, 0.717) is 22.9 Å². The summed E-state index contributed by atoms with van der Waals surface area (Å²) in [7, 11) is -3.39. The van der Waals surface area contributed by atoms with Gasteiger partial charge in [-0.05, 0) is 35.4 Å². The molecule has 3 aromatic rings. The maximum absolute atomic E-state index is 11.7. The molecule has 6 nitrogen and oxygen atoms in total. The average Bonchev–Trinajstić information content (AvgIpc) is 3.15. The Labute approximate surface area is 162 Å². The largest absolute Gasteiger partial charge is 0.480 e. The summed E-state index contributed by atoms with van der Waals surface area (Å²) in [6, 6.07) is 19.0. The van der Waals surface area contributed by atoms with Crippen LogP contribution in [0.4, 0.5) is 5.69 Å². The highest BCUT2D eigenvalue weighted by Gasteiger charge is 2.33. The van der Waals surface area contributed by atoms with Gasteiger partial charge in [-0.3, -0.25) is 4.72 Å². The van der Waals surface area contributed by atoms with E-state index in [2.05, 4.69) is 4.72 Å². The third kappa shape index (κ3) is 2.84. The number of nitrogens with one attached hydrogen (secondary N) is 1. The van der Waals surface area contributed by atoms with E-state index in [1.807, 2.05) is 54.6 Å². The minimum atomic E-state index is -3.39. The minimum absolute atomic E-state index is 0.164. The molecule has 1 atom stereocenters. The molecule has 7 heteroatoms. The van der Waals surface area contributed by atoms with Gasteiger partial charge in [-0.25, -0.2) is 8.42 Å². The normalized spacial score (nSPS) is 16.7. The lowest BCUT2D eigenvalue weighted by atomic mass is 9.88. The maximum atomic E-state index is 11.7. The first kappa shape index (κ1) is 16.9. The Hall–Kier alpha value is -3.19. The van der Waals surface area contributed by atoms with Crippen LogP contribution in [0.5, 0.6) is 17.2 Å². The highest BCUT2D eigenvalue weighted by molar-refractivity contribution is 7.92. The van der Waals surface area contributed by atoms with Gasteiger partial charge in [0.05, 0.1) is 11.8 Å². The van der Waals surface area contributed by atoms with Crippen LogP contribution < -0.4 is 18.9 Å². The van der Waals surface area contributed by atoms with Crippen molar-refractivity contribution in [3.63, 3.8) is 0 Å². The first-order valence-electron chi connectivity index (χ1n) is 8.76. The van der Waals surface area contributed by atoms with Gasteiger partial charge in [0.25, 0.3) is 0 Å². The molecule has 1 N–H and O–H groups in total. The SMILES string of the molecule is CS(=O)(=O)Nc1ccc2c(c1)C(c1ccccc1)Oc1ccc3c(c1-2)OCO3. The average molecular weight is 395 g/mol. The Bertz CT molecular complexity index is 1170. The van der Waals surface area contributed by atoms with E-state index in [1.165, 1.54) is 0 Å². The van der Waals surface area contributed by atoms with Crippen molar-refractivity contribution >= 4 is 15.7 Å². The fourth-order valence-corrected chi connectivity index (χ4v) is 4.21. The van der Waals surface area contributed by atoms with E-state index < -0.39 is 10.0 Å². The van der Waals surface area contributed by atoms with Crippen LogP contribution in [0.25, 0.3) is 11.1 Å². The summed E-state index contributed by atoms with van der Waals surface area (Å²) in [5, 5.41) is 0. The molecule has 2 aliphatic rings. The molecule has 3 aromatic carbocycles. The van der Waals surface area contributed by atoms with Gasteiger partial charge < -0.3 is 14.2 Å². The zero-order valence-electron chi connectivity index (χ0n) is 15.0. The van der Waals surface area contributed by atoms with Gasteiger partial charge in [0.2, 0.25) is 16.8 Å². The summed E-state index contributed by atoms with van der Waals surface area (Å²) in [6.45, 7) is 0.164. The Morgan fingerprint density at radius 3 is 2.54 bits per heavy atom. The number of ether oxygens (including phenoxy) is 3. The molecular weight excluding hydrogens is 378 g/mol. The third-order valence-electron chi connectivity index (χ3n) is 4.75. The molecule has 0 aliphatic carbocycles. The van der Waals surface area contributed by atoms with Crippen molar-refractivity contribution in [2.24, 2.45) is 0 Å². The maximum Gasteiger partial charge on any atom is 0.231 e. The molecule has 0 saturated carbocycles. The standard InChI is InChI=1S/C21H17NO5S/c1-28(23,24)22-14-7-8-15-16(11-14)20(13-5-3-2-4-6-13)27-17-9-10-18-21(19(15)17)26-12-25-18/h2-11,20,22H,12H2,1H3. The Kier molecular flexibility index (Phi) is 3.73. The van der Waals surface area contributed by atoms with Crippen LogP contribution in [0, 0.1) is 0 Å². The summed E-state index contributed by atoms with van der Waals surface area (Å²) < 4.78 is 43.5. The number of rotatable bonds is 3. The van der Waals surface area contributed by atoms with Gasteiger partial charge in [-0.2, -0.15) is 0 Å². The molecule has 142 valence electrons. The number of anilines is 1. The predicted octanol–water partition coefficient (Wildman–Crippen LogP) is 3.94. The van der Waals surface area contributed by atoms with Gasteiger partial charge in [-0.15, -0.1) is 0 Å². The highest BCUT2D eigenvalue weighted by Crippen LogP contribution is 2.53. The molecule has 0 bridgehead atoms. The van der Waals surface area contributed by atoms with Crippen molar-refractivity contribution < 1.29 is 22.6 Å². The highest BCUT2D eigenvalue weighted by atomic mass is 32.2. The molecule has 2 aliphatic heterocycles. The van der Waals surface area contributed by atoms with Crippen LogP contribution in [0.1, 0.15) is 17.2 Å². The van der Waals surface area contributed by atoms with Crippen LogP contribution in [0.2, 0.25) is 0 Å². The Morgan fingerprint density at radius 1 is 0.964 bits per heavy atom. The lowest BCUT2D eigenvalue weighted by Crippen LogP contribution is -2.17. The molecule has 0 fully saturated rings. The fourth-order valence-electron chi connectivity index (χ4n) is 3.66. The second-order valence-corrected chi connectivity index (χ2v) is 8.51. The van der Waals surface area contributed by atoms with Gasteiger partial charge in [0, 0.05) is 11.3 Å². The smallest absolute Gasteiger partial charge is 0.231 e. The van der Waals surface area contributed by atoms with E-state index >= 15 is 0 Å². The predicted molar refractivity (Wildman–Crippen MR) is 105 cm³/mol. The van der Waals surface area contributed by atoms with Crippen molar-refractivity contribution in [2.45, 2.75) is 6.10 Å². The van der Waals surface area contributed by atoms with Crippen molar-refractivity contribution in [1.82, 2.24) is 0 Å². The quantitative estimate of drug-likeness (QED) is 0.727. The number of hydrogen-bond acceptors (Lipinski definition) is 5. The molecule has 28 heavy (non-hydrogen) atoms. The summed E-state index contributed by atoms with van der Waals surface area (Å²) in [5.74, 6) is 2.02. The molecule has 0 aromatic heterocycles. The molecule has 1 unspecified atom stereocenters. The second kappa shape index (κ2) is 6.17. The minimum Gasteiger partial charge on any atom is -0.480 e. The molecule has 0 saturated heterocycles. The third-order valence-corrected chi connectivity index (χ3v) is 5.36. The summed E-state index contributed by atoms with van der Waals surface area (Å²) in [5.41, 5.74) is 4.07. The summed E-state index contributed by atoms with van der Waals surface area (Å²) in [4.78, 5) is 0. The topological polar surface area (TPSA) is 73.9 Å². The van der Waals surface area contributed by atoms with Crippen molar-refractivity contribution in [2.75, 3.05) is 17.8 Å². The van der Waals surface area contributed by atoms with Crippen LogP contribution in [-0.4, -0.2) is 21.5 Å². The van der Waals surface area contributed by atoms with Crippen LogP contribution >= 0.6 is 0 Å². The molecule has 2 heterocycles. The number of sulfonamides is 1. The molecular formula is C21H17NO5S. The summed E-state index contributed by atoms with van der Waals surface area (Å²) >= 11 is 0. The first-order valence-corrected chi connectivity index (χ1v) is 10.6. The van der Waals surface area contributed by atoms with Gasteiger partial charge in [0.15, 0.2) is 11.5 Å². The van der Waals surface area contributed by atoms with Crippen molar-refractivity contribution in [3.8, 4) is 28.4 Å². The van der Waals surface area contributed by atoms with E-state index in [0.717, 1.165) is 28.5 Å². The number of fused-ring (bicyclic) bond motifs is 5.